The molecule has 2 heterocycles. The molecular formula is C23H22N2O4S. The maximum Gasteiger partial charge on any atom is 0.316 e. The highest BCUT2D eigenvalue weighted by Gasteiger charge is 2.22. The van der Waals surface area contributed by atoms with Gasteiger partial charge in [0.1, 0.15) is 5.69 Å². The number of hydrogen-bond donors (Lipinski definition) is 1. The van der Waals surface area contributed by atoms with Gasteiger partial charge in [0.25, 0.3) is 5.91 Å². The van der Waals surface area contributed by atoms with Gasteiger partial charge >= 0.3 is 5.97 Å². The fraction of sp³-hybridized carbons (Fsp3) is 0.261. The number of benzene rings is 2. The number of H-pyrrole nitrogens is 1. The number of aromatic nitrogens is 1. The van der Waals surface area contributed by atoms with Crippen LogP contribution >= 0.6 is 11.8 Å². The number of ketones is 1. The summed E-state index contributed by atoms with van der Waals surface area (Å²) in [6.45, 7) is 1.15. The molecule has 0 bridgehead atoms. The number of fused-ring (bicyclic) bond motifs is 1. The van der Waals surface area contributed by atoms with Gasteiger partial charge in [-0.2, -0.15) is 0 Å². The Morgan fingerprint density at radius 3 is 2.57 bits per heavy atom. The molecule has 1 aliphatic heterocycles. The van der Waals surface area contributed by atoms with Crippen molar-refractivity contribution in [2.75, 3.05) is 25.4 Å². The smallest absolute Gasteiger partial charge is 0.316 e. The van der Waals surface area contributed by atoms with E-state index in [1.54, 1.807) is 4.90 Å². The highest BCUT2D eigenvalue weighted by atomic mass is 32.2. The van der Waals surface area contributed by atoms with E-state index in [-0.39, 0.29) is 24.1 Å². The first-order valence-corrected chi connectivity index (χ1v) is 10.9. The summed E-state index contributed by atoms with van der Waals surface area (Å²) >= 11 is 1.37. The van der Waals surface area contributed by atoms with Gasteiger partial charge in [0.2, 0.25) is 5.78 Å². The Hall–Kier alpha value is -3.06. The van der Waals surface area contributed by atoms with Crippen LogP contribution in [0.2, 0.25) is 0 Å². The van der Waals surface area contributed by atoms with Crippen LogP contribution < -0.4 is 0 Å². The lowest BCUT2D eigenvalue weighted by molar-refractivity contribution is -0.139. The molecule has 0 atom stereocenters. The minimum absolute atomic E-state index is 0.102. The molecular weight excluding hydrogens is 400 g/mol. The summed E-state index contributed by atoms with van der Waals surface area (Å²) in [4.78, 5) is 42.3. The third kappa shape index (κ3) is 4.74. The van der Waals surface area contributed by atoms with Crippen LogP contribution in [0.5, 0.6) is 0 Å². The summed E-state index contributed by atoms with van der Waals surface area (Å²) in [5.74, 6) is -0.770. The number of esters is 1. The van der Waals surface area contributed by atoms with Crippen LogP contribution in [0.25, 0.3) is 10.8 Å². The van der Waals surface area contributed by atoms with Crippen molar-refractivity contribution in [3.05, 3.63) is 66.0 Å². The fourth-order valence-corrected chi connectivity index (χ4v) is 4.18. The van der Waals surface area contributed by atoms with Gasteiger partial charge in [-0.25, -0.2) is 0 Å². The van der Waals surface area contributed by atoms with E-state index >= 15 is 0 Å². The molecule has 1 amide bonds. The van der Waals surface area contributed by atoms with E-state index in [1.165, 1.54) is 24.0 Å². The summed E-state index contributed by atoms with van der Waals surface area (Å²) in [6, 6.07) is 15.5. The van der Waals surface area contributed by atoms with Crippen LogP contribution in [-0.2, 0) is 9.53 Å². The van der Waals surface area contributed by atoms with E-state index in [2.05, 4.69) is 4.98 Å². The van der Waals surface area contributed by atoms with Crippen molar-refractivity contribution >= 4 is 40.2 Å². The summed E-state index contributed by atoms with van der Waals surface area (Å²) in [7, 11) is 0. The molecule has 2 aromatic carbocycles. The number of Topliss-reactive ketones (excluding diaryl/α,β-unsaturated/α-hetero) is 1. The quantitative estimate of drug-likeness (QED) is 0.355. The van der Waals surface area contributed by atoms with Gasteiger partial charge in [-0.1, -0.05) is 30.3 Å². The molecule has 3 aromatic rings. The van der Waals surface area contributed by atoms with Gasteiger partial charge in [-0.15, -0.1) is 11.8 Å². The molecule has 0 aliphatic carbocycles. The van der Waals surface area contributed by atoms with Crippen molar-refractivity contribution in [1.29, 1.82) is 0 Å². The average molecular weight is 423 g/mol. The number of amides is 1. The Morgan fingerprint density at radius 1 is 1.00 bits per heavy atom. The normalized spacial score (nSPS) is 13.5. The minimum atomic E-state index is -0.453. The summed E-state index contributed by atoms with van der Waals surface area (Å²) in [5, 5.41) is 2.25. The SMILES string of the molecule is O=C(CSc1ccc2ccccc2c1)OCC(=O)c1c[nH]c(C(=O)N2CCCC2)c1. The monoisotopic (exact) mass is 422 g/mol. The zero-order valence-corrected chi connectivity index (χ0v) is 17.2. The van der Waals surface area contributed by atoms with Crippen LogP contribution in [0, 0.1) is 0 Å². The molecule has 7 heteroatoms. The first kappa shape index (κ1) is 20.2. The van der Waals surface area contributed by atoms with Gasteiger partial charge in [0.05, 0.1) is 5.75 Å². The maximum absolute atomic E-state index is 12.3. The Morgan fingerprint density at radius 2 is 1.77 bits per heavy atom. The minimum Gasteiger partial charge on any atom is -0.457 e. The van der Waals surface area contributed by atoms with Crippen LogP contribution in [0.15, 0.2) is 59.6 Å². The van der Waals surface area contributed by atoms with Crippen LogP contribution in [0.4, 0.5) is 0 Å². The molecule has 30 heavy (non-hydrogen) atoms. The van der Waals surface area contributed by atoms with Gasteiger partial charge in [-0.3, -0.25) is 14.4 Å². The number of thioether (sulfide) groups is 1. The van der Waals surface area contributed by atoms with Crippen LogP contribution in [0.3, 0.4) is 0 Å². The molecule has 1 N–H and O–H groups in total. The number of ether oxygens (including phenoxy) is 1. The molecule has 6 nitrogen and oxygen atoms in total. The van der Waals surface area contributed by atoms with E-state index in [0.29, 0.717) is 11.3 Å². The lowest BCUT2D eigenvalue weighted by Gasteiger charge is -2.13. The molecule has 0 spiro atoms. The third-order valence-electron chi connectivity index (χ3n) is 5.07. The van der Waals surface area contributed by atoms with Crippen molar-refractivity contribution in [2.45, 2.75) is 17.7 Å². The number of rotatable bonds is 7. The molecule has 4 rings (SSSR count). The Bertz CT molecular complexity index is 1090. The van der Waals surface area contributed by atoms with Crippen molar-refractivity contribution in [3.8, 4) is 0 Å². The van der Waals surface area contributed by atoms with E-state index < -0.39 is 5.97 Å². The standard InChI is InChI=1S/C23H22N2O4S/c26-21(18-12-20(24-13-18)23(28)25-9-3-4-10-25)14-29-22(27)15-30-19-8-7-16-5-1-2-6-17(16)11-19/h1-2,5-8,11-13,24H,3-4,9-10,14-15H2. The largest absolute Gasteiger partial charge is 0.457 e. The molecule has 1 saturated heterocycles. The first-order chi connectivity index (χ1) is 14.6. The second-order valence-corrected chi connectivity index (χ2v) is 8.23. The van der Waals surface area contributed by atoms with Gasteiger partial charge in [0, 0.05) is 29.7 Å². The second kappa shape index (κ2) is 9.17. The molecule has 0 saturated carbocycles. The van der Waals surface area contributed by atoms with Crippen molar-refractivity contribution in [1.82, 2.24) is 9.88 Å². The number of nitrogens with zero attached hydrogens (tertiary/aromatic N) is 1. The average Bonchev–Trinajstić information content (AvgIpc) is 3.48. The van der Waals surface area contributed by atoms with Crippen molar-refractivity contribution < 1.29 is 19.1 Å². The third-order valence-corrected chi connectivity index (χ3v) is 6.04. The van der Waals surface area contributed by atoms with E-state index in [1.807, 2.05) is 42.5 Å². The van der Waals surface area contributed by atoms with Crippen LogP contribution in [-0.4, -0.2) is 53.0 Å². The van der Waals surface area contributed by atoms with Crippen LogP contribution in [0.1, 0.15) is 33.7 Å². The summed E-state index contributed by atoms with van der Waals surface area (Å²) in [6.07, 6.45) is 3.50. The second-order valence-electron chi connectivity index (χ2n) is 7.18. The fourth-order valence-electron chi connectivity index (χ4n) is 3.44. The summed E-state index contributed by atoms with van der Waals surface area (Å²) < 4.78 is 5.12. The highest BCUT2D eigenvalue weighted by molar-refractivity contribution is 8.00. The zero-order valence-electron chi connectivity index (χ0n) is 16.4. The topological polar surface area (TPSA) is 79.5 Å². The number of likely N-dealkylation sites (tertiary alicyclic amines) is 1. The summed E-state index contributed by atoms with van der Waals surface area (Å²) in [5.41, 5.74) is 0.728. The highest BCUT2D eigenvalue weighted by Crippen LogP contribution is 2.23. The van der Waals surface area contributed by atoms with E-state index in [9.17, 15) is 14.4 Å². The predicted octanol–water partition coefficient (Wildman–Crippen LogP) is 3.92. The maximum atomic E-state index is 12.3. The van der Waals surface area contributed by atoms with Gasteiger partial charge in [-0.05, 0) is 41.8 Å². The Balaban J connectivity index is 1.26. The van der Waals surface area contributed by atoms with E-state index in [4.69, 9.17) is 4.74 Å². The Kier molecular flexibility index (Phi) is 6.18. The predicted molar refractivity (Wildman–Crippen MR) is 116 cm³/mol. The first-order valence-electron chi connectivity index (χ1n) is 9.88. The number of hydrogen-bond acceptors (Lipinski definition) is 5. The number of carbonyl (C=O) groups is 3. The Labute approximate surface area is 178 Å². The number of carbonyl (C=O) groups excluding carboxylic acids is 3. The molecule has 154 valence electrons. The van der Waals surface area contributed by atoms with E-state index in [0.717, 1.165) is 41.6 Å². The lowest BCUT2D eigenvalue weighted by Crippen LogP contribution is -2.27. The molecule has 1 aromatic heterocycles. The molecule has 1 aliphatic rings. The van der Waals surface area contributed by atoms with Crippen molar-refractivity contribution in [3.63, 3.8) is 0 Å². The number of aromatic amines is 1. The molecule has 0 unspecified atom stereocenters. The zero-order chi connectivity index (χ0) is 20.9. The number of nitrogens with one attached hydrogen (secondary N) is 1. The van der Waals surface area contributed by atoms with Gasteiger partial charge < -0.3 is 14.6 Å². The van der Waals surface area contributed by atoms with Gasteiger partial charge in [0.15, 0.2) is 6.61 Å². The lowest BCUT2D eigenvalue weighted by atomic mass is 10.1. The molecule has 0 radical (unpaired) electrons. The van der Waals surface area contributed by atoms with Crippen molar-refractivity contribution in [2.24, 2.45) is 0 Å². The molecule has 1 fully saturated rings.